The number of pyridine rings is 1. The average Bonchev–Trinajstić information content (AvgIpc) is 2.68. The van der Waals surface area contributed by atoms with Crippen LogP contribution >= 0.6 is 0 Å². The largest absolute Gasteiger partial charge is 0.418 e. The Labute approximate surface area is 179 Å². The number of rotatable bonds is 4. The van der Waals surface area contributed by atoms with Gasteiger partial charge in [0.1, 0.15) is 0 Å². The molecule has 0 spiro atoms. The summed E-state index contributed by atoms with van der Waals surface area (Å²) in [6.45, 7) is 6.64. The second kappa shape index (κ2) is 8.27. The number of nitrogens with one attached hydrogen (secondary N) is 1. The fourth-order valence-corrected chi connectivity index (χ4v) is 4.67. The number of likely N-dealkylation sites (tertiary alicyclic amines) is 1. The summed E-state index contributed by atoms with van der Waals surface area (Å²) in [5.41, 5.74) is 5.75. The highest BCUT2D eigenvalue weighted by Gasteiger charge is 2.36. The van der Waals surface area contributed by atoms with E-state index in [-0.39, 0.29) is 35.5 Å². The summed E-state index contributed by atoms with van der Waals surface area (Å²) in [4.78, 5) is 20.8. The molecule has 0 saturated carbocycles. The summed E-state index contributed by atoms with van der Waals surface area (Å²) in [5, 5.41) is 3.61. The lowest BCUT2D eigenvalue weighted by Gasteiger charge is -2.42. The standard InChI is InChI=1S/C22H28F3N5O/c1-13-8-16(28-21(31)14(2)29-10-15(26)11-29)12-30(9-13)19-6-5-18(22(23,24)25)20-17(19)4-3-7-27-20/h3-7,13-16H,8-12,26H2,1-2H3,(H,28,31)/t13-,14?,16+/m0/s1. The zero-order valence-electron chi connectivity index (χ0n) is 17.7. The number of nitrogens with two attached hydrogens (primary N) is 1. The van der Waals surface area contributed by atoms with Crippen LogP contribution in [0.2, 0.25) is 0 Å². The first kappa shape index (κ1) is 21.8. The molecule has 2 aliphatic rings. The number of nitrogens with zero attached hydrogens (tertiary/aromatic N) is 3. The molecule has 1 aromatic carbocycles. The van der Waals surface area contributed by atoms with E-state index in [9.17, 15) is 18.0 Å². The highest BCUT2D eigenvalue weighted by Crippen LogP contribution is 2.38. The van der Waals surface area contributed by atoms with Crippen molar-refractivity contribution in [2.45, 2.75) is 44.6 Å². The Hall–Kier alpha value is -2.39. The summed E-state index contributed by atoms with van der Waals surface area (Å²) in [7, 11) is 0. The van der Waals surface area contributed by atoms with E-state index in [1.807, 2.05) is 11.8 Å². The van der Waals surface area contributed by atoms with Gasteiger partial charge < -0.3 is 16.0 Å². The molecule has 0 aliphatic carbocycles. The fraction of sp³-hybridized carbons (Fsp3) is 0.545. The van der Waals surface area contributed by atoms with E-state index in [1.165, 1.54) is 12.3 Å². The third kappa shape index (κ3) is 4.48. The van der Waals surface area contributed by atoms with Crippen LogP contribution in [-0.4, -0.2) is 60.1 Å². The lowest BCUT2D eigenvalue weighted by Crippen LogP contribution is -2.63. The van der Waals surface area contributed by atoms with Gasteiger partial charge in [-0.2, -0.15) is 13.2 Å². The van der Waals surface area contributed by atoms with Crippen LogP contribution in [0.4, 0.5) is 18.9 Å². The first-order valence-corrected chi connectivity index (χ1v) is 10.6. The molecule has 168 valence electrons. The molecular weight excluding hydrogens is 407 g/mol. The van der Waals surface area contributed by atoms with Crippen LogP contribution in [0.5, 0.6) is 0 Å². The van der Waals surface area contributed by atoms with E-state index in [0.29, 0.717) is 37.3 Å². The quantitative estimate of drug-likeness (QED) is 0.772. The van der Waals surface area contributed by atoms with Gasteiger partial charge in [-0.25, -0.2) is 0 Å². The van der Waals surface area contributed by atoms with E-state index in [2.05, 4.69) is 22.1 Å². The Morgan fingerprint density at radius 1 is 1.23 bits per heavy atom. The van der Waals surface area contributed by atoms with Crippen molar-refractivity contribution in [1.82, 2.24) is 15.2 Å². The maximum atomic E-state index is 13.4. The van der Waals surface area contributed by atoms with E-state index < -0.39 is 11.7 Å². The SMILES string of the molecule is CC(C(=O)N[C@@H]1C[C@H](C)CN(c2ccc(C(F)(F)F)c3ncccc23)C1)N1CC(N)C1. The van der Waals surface area contributed by atoms with Gasteiger partial charge in [0.2, 0.25) is 5.91 Å². The first-order chi connectivity index (χ1) is 14.6. The van der Waals surface area contributed by atoms with E-state index in [0.717, 1.165) is 12.5 Å². The van der Waals surface area contributed by atoms with Crippen LogP contribution in [0.3, 0.4) is 0 Å². The summed E-state index contributed by atoms with van der Waals surface area (Å²) in [6.07, 6.45) is -2.26. The lowest BCUT2D eigenvalue weighted by atomic mass is 9.94. The average molecular weight is 435 g/mol. The van der Waals surface area contributed by atoms with Crippen molar-refractivity contribution in [3.05, 3.63) is 36.0 Å². The molecule has 1 unspecified atom stereocenters. The van der Waals surface area contributed by atoms with Crippen LogP contribution < -0.4 is 16.0 Å². The molecule has 0 bridgehead atoms. The van der Waals surface area contributed by atoms with Gasteiger partial charge in [-0.05, 0) is 43.5 Å². The van der Waals surface area contributed by atoms with Crippen molar-refractivity contribution in [2.75, 3.05) is 31.1 Å². The Bertz CT molecular complexity index is 960. The molecular formula is C22H28F3N5O. The summed E-state index contributed by atoms with van der Waals surface area (Å²) in [6, 6.07) is 5.75. The number of alkyl halides is 3. The Morgan fingerprint density at radius 2 is 1.97 bits per heavy atom. The molecule has 2 fully saturated rings. The molecule has 2 saturated heterocycles. The normalized spacial score (nSPS) is 24.1. The zero-order valence-corrected chi connectivity index (χ0v) is 17.7. The maximum absolute atomic E-state index is 13.4. The van der Waals surface area contributed by atoms with Crippen LogP contribution in [0.1, 0.15) is 25.8 Å². The third-order valence-electron chi connectivity index (χ3n) is 6.26. The Kier molecular flexibility index (Phi) is 5.83. The third-order valence-corrected chi connectivity index (χ3v) is 6.26. The van der Waals surface area contributed by atoms with Gasteiger partial charge in [0.05, 0.1) is 17.1 Å². The van der Waals surface area contributed by atoms with E-state index in [4.69, 9.17) is 5.73 Å². The number of fused-ring (bicyclic) bond motifs is 1. The molecule has 3 heterocycles. The fourth-order valence-electron chi connectivity index (χ4n) is 4.67. The number of hydrogen-bond acceptors (Lipinski definition) is 5. The second-order valence-electron chi connectivity index (χ2n) is 8.87. The van der Waals surface area contributed by atoms with Gasteiger partial charge in [-0.15, -0.1) is 0 Å². The highest BCUT2D eigenvalue weighted by molar-refractivity contribution is 5.94. The minimum absolute atomic E-state index is 0.0371. The molecule has 1 aromatic heterocycles. The van der Waals surface area contributed by atoms with Gasteiger partial charge >= 0.3 is 6.18 Å². The molecule has 2 aliphatic heterocycles. The van der Waals surface area contributed by atoms with Crippen LogP contribution in [0.25, 0.3) is 10.9 Å². The molecule has 9 heteroatoms. The molecule has 1 amide bonds. The van der Waals surface area contributed by atoms with Crippen molar-refractivity contribution in [3.63, 3.8) is 0 Å². The van der Waals surface area contributed by atoms with E-state index in [1.54, 1.807) is 12.1 Å². The number of halogens is 3. The van der Waals surface area contributed by atoms with Crippen molar-refractivity contribution < 1.29 is 18.0 Å². The van der Waals surface area contributed by atoms with Gasteiger partial charge in [-0.1, -0.05) is 6.92 Å². The lowest BCUT2D eigenvalue weighted by molar-refractivity contribution is -0.136. The predicted molar refractivity (Wildman–Crippen MR) is 114 cm³/mol. The van der Waals surface area contributed by atoms with E-state index >= 15 is 0 Å². The second-order valence-corrected chi connectivity index (χ2v) is 8.87. The van der Waals surface area contributed by atoms with Crippen molar-refractivity contribution in [2.24, 2.45) is 11.7 Å². The number of amides is 1. The molecule has 2 aromatic rings. The number of hydrogen-bond donors (Lipinski definition) is 2. The number of aromatic nitrogens is 1. The van der Waals surface area contributed by atoms with Crippen LogP contribution in [0, 0.1) is 5.92 Å². The number of carbonyl (C=O) groups excluding carboxylic acids is 1. The number of carbonyl (C=O) groups is 1. The molecule has 0 radical (unpaired) electrons. The number of benzene rings is 1. The molecule has 6 nitrogen and oxygen atoms in total. The van der Waals surface area contributed by atoms with Crippen molar-refractivity contribution >= 4 is 22.5 Å². The summed E-state index contributed by atoms with van der Waals surface area (Å²) in [5.74, 6) is 0.241. The van der Waals surface area contributed by atoms with Gasteiger partial charge in [-0.3, -0.25) is 14.7 Å². The van der Waals surface area contributed by atoms with Gasteiger partial charge in [0.25, 0.3) is 0 Å². The smallest absolute Gasteiger partial charge is 0.369 e. The zero-order chi connectivity index (χ0) is 22.3. The van der Waals surface area contributed by atoms with Crippen LogP contribution in [-0.2, 0) is 11.0 Å². The Morgan fingerprint density at radius 3 is 2.65 bits per heavy atom. The topological polar surface area (TPSA) is 74.5 Å². The first-order valence-electron chi connectivity index (χ1n) is 10.6. The monoisotopic (exact) mass is 435 g/mol. The van der Waals surface area contributed by atoms with Crippen LogP contribution in [0.15, 0.2) is 30.5 Å². The molecule has 3 N–H and O–H groups in total. The van der Waals surface area contributed by atoms with Crippen molar-refractivity contribution in [1.29, 1.82) is 0 Å². The van der Waals surface area contributed by atoms with Gasteiger partial charge in [0.15, 0.2) is 0 Å². The number of anilines is 1. The molecule has 4 rings (SSSR count). The minimum atomic E-state index is -4.47. The van der Waals surface area contributed by atoms with Gasteiger partial charge in [0, 0.05) is 55.5 Å². The predicted octanol–water partition coefficient (Wildman–Crippen LogP) is 2.62. The Balaban J connectivity index is 1.55. The minimum Gasteiger partial charge on any atom is -0.369 e. The maximum Gasteiger partial charge on any atom is 0.418 e. The molecule has 31 heavy (non-hydrogen) atoms. The highest BCUT2D eigenvalue weighted by atomic mass is 19.4. The summed E-state index contributed by atoms with van der Waals surface area (Å²) < 4.78 is 40.3. The summed E-state index contributed by atoms with van der Waals surface area (Å²) >= 11 is 0. The van der Waals surface area contributed by atoms with Crippen molar-refractivity contribution in [3.8, 4) is 0 Å². The number of piperidine rings is 1. The molecule has 3 atom stereocenters.